The average Bonchev–Trinajstić information content (AvgIpc) is 3.40. The molecule has 1 aromatic carbocycles. The maximum Gasteiger partial charge on any atom is 0.243 e. The number of nitrogens with zero attached hydrogens (tertiary/aromatic N) is 6. The maximum absolute atomic E-state index is 13.7. The van der Waals surface area contributed by atoms with E-state index in [-0.39, 0.29) is 17.6 Å². The Kier molecular flexibility index (Phi) is 10.4. The summed E-state index contributed by atoms with van der Waals surface area (Å²) in [7, 11) is 3.04. The molecule has 0 unspecified atom stereocenters. The van der Waals surface area contributed by atoms with E-state index < -0.39 is 21.4 Å². The van der Waals surface area contributed by atoms with Crippen LogP contribution in [-0.4, -0.2) is 87.6 Å². The zero-order valence-corrected chi connectivity index (χ0v) is 24.7. The van der Waals surface area contributed by atoms with Crippen molar-refractivity contribution in [1.29, 1.82) is 0 Å². The minimum Gasteiger partial charge on any atom is -0.500 e. The number of pyridine rings is 1. The number of ether oxygens (including phenoxy) is 5. The molecule has 0 bridgehead atoms. The molecule has 15 heteroatoms. The van der Waals surface area contributed by atoms with E-state index in [1.54, 1.807) is 43.3 Å². The molecule has 0 spiro atoms. The molecule has 0 amide bonds. The van der Waals surface area contributed by atoms with Crippen molar-refractivity contribution in [2.45, 2.75) is 25.2 Å². The molecular formula is C26H33N7O7S. The lowest BCUT2D eigenvalue weighted by Gasteiger charge is -2.23. The highest BCUT2D eigenvalue weighted by molar-refractivity contribution is 7.93. The summed E-state index contributed by atoms with van der Waals surface area (Å²) in [6.07, 6.45) is 0.295. The van der Waals surface area contributed by atoms with Crippen LogP contribution in [0.3, 0.4) is 0 Å². The van der Waals surface area contributed by atoms with Gasteiger partial charge in [0.1, 0.15) is 40.0 Å². The third kappa shape index (κ3) is 6.81. The summed E-state index contributed by atoms with van der Waals surface area (Å²) in [5.74, 6) is 1.60. The number of para-hydroxylation sites is 1. The smallest absolute Gasteiger partial charge is 0.243 e. The fourth-order valence-corrected chi connectivity index (χ4v) is 4.87. The molecule has 0 saturated carbocycles. The number of hydrogen-bond donors (Lipinski definition) is 1. The van der Waals surface area contributed by atoms with Crippen LogP contribution in [0.25, 0.3) is 17.2 Å². The van der Waals surface area contributed by atoms with Gasteiger partial charge in [-0.3, -0.25) is 9.29 Å². The van der Waals surface area contributed by atoms with E-state index in [2.05, 4.69) is 36.6 Å². The van der Waals surface area contributed by atoms with Crippen molar-refractivity contribution in [3.05, 3.63) is 48.4 Å². The number of nitrogens with one attached hydrogen (secondary N) is 1. The van der Waals surface area contributed by atoms with Gasteiger partial charge in [-0.2, -0.15) is 0 Å². The molecule has 14 nitrogen and oxygen atoms in total. The number of methoxy groups -OCH3 is 5. The van der Waals surface area contributed by atoms with Crippen molar-refractivity contribution >= 4 is 28.5 Å². The fourth-order valence-electron chi connectivity index (χ4n) is 3.74. The summed E-state index contributed by atoms with van der Waals surface area (Å²) in [5, 5.41) is 7.21. The second-order valence-electron chi connectivity index (χ2n) is 8.36. The van der Waals surface area contributed by atoms with Crippen LogP contribution in [0.5, 0.6) is 17.4 Å². The zero-order valence-electron chi connectivity index (χ0n) is 23.9. The molecule has 0 aliphatic carbocycles. The molecule has 3 aromatic rings. The van der Waals surface area contributed by atoms with Crippen LogP contribution in [0, 0.1) is 0 Å². The molecule has 2 atom stereocenters. The Morgan fingerprint density at radius 3 is 2.24 bits per heavy atom. The predicted octanol–water partition coefficient (Wildman–Crippen LogP) is 3.11. The third-order valence-corrected chi connectivity index (χ3v) is 7.66. The number of aliphatic imine (C=N–C) groups is 2. The molecule has 2 heterocycles. The maximum atomic E-state index is 13.7. The van der Waals surface area contributed by atoms with Crippen molar-refractivity contribution in [3.63, 3.8) is 0 Å². The van der Waals surface area contributed by atoms with Gasteiger partial charge in [0.25, 0.3) is 0 Å². The Labute approximate surface area is 238 Å². The highest BCUT2D eigenvalue weighted by Gasteiger charge is 2.35. The second-order valence-corrected chi connectivity index (χ2v) is 10.4. The van der Waals surface area contributed by atoms with Crippen LogP contribution in [0.4, 0.5) is 5.95 Å². The molecule has 0 saturated heterocycles. The Balaban J connectivity index is 2.18. The SMILES string of the molecule is C=N/C(=N\C=C(/C)OC)[C@@H](OC)[C@H](C)S(=O)(=O)Nc1nnc(-c2cccc(OC)n2)n1-c1c(OC)cccc1OC. The predicted molar refractivity (Wildman–Crippen MR) is 155 cm³/mol. The van der Waals surface area contributed by atoms with Crippen LogP contribution in [-0.2, 0) is 19.5 Å². The first-order chi connectivity index (χ1) is 19.6. The summed E-state index contributed by atoms with van der Waals surface area (Å²) >= 11 is 0. The highest BCUT2D eigenvalue weighted by Crippen LogP contribution is 2.37. The third-order valence-electron chi connectivity index (χ3n) is 5.97. The van der Waals surface area contributed by atoms with E-state index in [1.807, 2.05) is 0 Å². The van der Waals surface area contributed by atoms with E-state index in [0.29, 0.717) is 34.5 Å². The first kappa shape index (κ1) is 31.0. The summed E-state index contributed by atoms with van der Waals surface area (Å²) in [5.41, 5.74) is 0.689. The minimum absolute atomic E-state index is 0.0379. The topological polar surface area (TPSA) is 161 Å². The van der Waals surface area contributed by atoms with E-state index >= 15 is 0 Å². The number of sulfonamides is 1. The number of anilines is 1. The molecule has 0 fully saturated rings. The lowest BCUT2D eigenvalue weighted by atomic mass is 10.2. The first-order valence-corrected chi connectivity index (χ1v) is 13.7. The van der Waals surface area contributed by atoms with Crippen molar-refractivity contribution in [1.82, 2.24) is 19.7 Å². The Morgan fingerprint density at radius 2 is 1.68 bits per heavy atom. The van der Waals surface area contributed by atoms with Gasteiger partial charge in [0.2, 0.25) is 21.9 Å². The standard InChI is InChI=1S/C26H33N7O7S/c1-16(36-4)15-28-24(27-3)23(40-8)17(2)41(34,35)32-26-31-30-25(18-11-9-14-21(29-18)39-7)33(26)22-19(37-5)12-10-13-20(22)38-6/h9-15,17,23H,3H2,1-2,4-8H3,(H,31,32)/b16-15+,28-24-/t17-,23-/m0/s1. The molecule has 3 rings (SSSR count). The summed E-state index contributed by atoms with van der Waals surface area (Å²) in [4.78, 5) is 12.5. The quantitative estimate of drug-likeness (QED) is 0.179. The second kappa shape index (κ2) is 13.7. The van der Waals surface area contributed by atoms with Gasteiger partial charge in [-0.15, -0.1) is 10.2 Å². The van der Waals surface area contributed by atoms with Crippen LogP contribution in [0.15, 0.2) is 58.3 Å². The van der Waals surface area contributed by atoms with Crippen molar-refractivity contribution in [3.8, 4) is 34.6 Å². The van der Waals surface area contributed by atoms with Gasteiger partial charge < -0.3 is 23.7 Å². The van der Waals surface area contributed by atoms with E-state index in [9.17, 15) is 8.42 Å². The van der Waals surface area contributed by atoms with E-state index in [1.165, 1.54) is 53.2 Å². The van der Waals surface area contributed by atoms with Crippen molar-refractivity contribution in [2.24, 2.45) is 9.98 Å². The molecule has 0 radical (unpaired) electrons. The van der Waals surface area contributed by atoms with Crippen LogP contribution >= 0.6 is 0 Å². The Bertz CT molecular complexity index is 1510. The molecule has 220 valence electrons. The van der Waals surface area contributed by atoms with Gasteiger partial charge in [0.05, 0.1) is 34.6 Å². The fraction of sp³-hybridized carbons (Fsp3) is 0.346. The number of benzene rings is 1. The van der Waals surface area contributed by atoms with Crippen LogP contribution in [0.2, 0.25) is 0 Å². The molecule has 0 aliphatic heterocycles. The molecular weight excluding hydrogens is 554 g/mol. The van der Waals surface area contributed by atoms with E-state index in [0.717, 1.165) is 0 Å². The number of rotatable bonds is 13. The summed E-state index contributed by atoms with van der Waals surface area (Å²) in [6, 6.07) is 10.2. The largest absolute Gasteiger partial charge is 0.500 e. The minimum atomic E-state index is -4.22. The lowest BCUT2D eigenvalue weighted by molar-refractivity contribution is 0.154. The molecule has 41 heavy (non-hydrogen) atoms. The number of allylic oxidation sites excluding steroid dienone is 1. The van der Waals surface area contributed by atoms with Gasteiger partial charge in [-0.05, 0) is 38.8 Å². The zero-order chi connectivity index (χ0) is 30.2. The number of aromatic nitrogens is 4. The summed E-state index contributed by atoms with van der Waals surface area (Å²) in [6.45, 7) is 6.63. The van der Waals surface area contributed by atoms with Crippen molar-refractivity contribution in [2.75, 3.05) is 40.3 Å². The molecule has 0 aliphatic rings. The average molecular weight is 588 g/mol. The monoisotopic (exact) mass is 587 g/mol. The molecule has 1 N–H and O–H groups in total. The van der Waals surface area contributed by atoms with Gasteiger partial charge in [-0.1, -0.05) is 12.1 Å². The highest BCUT2D eigenvalue weighted by atomic mass is 32.2. The van der Waals surface area contributed by atoms with Gasteiger partial charge in [-0.25, -0.2) is 23.4 Å². The number of amidine groups is 1. The van der Waals surface area contributed by atoms with Gasteiger partial charge >= 0.3 is 0 Å². The van der Waals surface area contributed by atoms with E-state index in [4.69, 9.17) is 23.7 Å². The van der Waals surface area contributed by atoms with Crippen LogP contribution < -0.4 is 18.9 Å². The van der Waals surface area contributed by atoms with Crippen molar-refractivity contribution < 1.29 is 32.1 Å². The first-order valence-electron chi connectivity index (χ1n) is 12.1. The lowest BCUT2D eigenvalue weighted by Crippen LogP contribution is -2.41. The Hall–Kier alpha value is -4.50. The number of hydrogen-bond acceptors (Lipinski definition) is 11. The normalized spacial score (nSPS) is 13.7. The Morgan fingerprint density at radius 1 is 1.02 bits per heavy atom. The van der Waals surface area contributed by atoms with Crippen LogP contribution in [0.1, 0.15) is 13.8 Å². The molecule has 2 aromatic heterocycles. The summed E-state index contributed by atoms with van der Waals surface area (Å²) < 4.78 is 58.4. The van der Waals surface area contributed by atoms with Gasteiger partial charge in [0, 0.05) is 13.2 Å². The van der Waals surface area contributed by atoms with Gasteiger partial charge in [0.15, 0.2) is 11.7 Å².